The normalized spacial score (nSPS) is 11.9. The van der Waals surface area contributed by atoms with Crippen molar-refractivity contribution in [3.63, 3.8) is 0 Å². The molecule has 0 unspecified atom stereocenters. The Morgan fingerprint density at radius 3 is 2.78 bits per heavy atom. The highest BCUT2D eigenvalue weighted by Crippen LogP contribution is 2.22. The van der Waals surface area contributed by atoms with Gasteiger partial charge < -0.3 is 10.1 Å². The Bertz CT molecular complexity index is 952. The van der Waals surface area contributed by atoms with Gasteiger partial charge in [0, 0.05) is 16.8 Å². The molecule has 2 aromatic carbocycles. The second-order valence-electron chi connectivity index (χ2n) is 6.35. The minimum absolute atomic E-state index is 0.107. The van der Waals surface area contributed by atoms with Gasteiger partial charge in [-0.05, 0) is 38.1 Å². The van der Waals surface area contributed by atoms with E-state index in [1.807, 2.05) is 38.1 Å². The summed E-state index contributed by atoms with van der Waals surface area (Å²) in [5, 5.41) is 7.34. The zero-order valence-electron chi connectivity index (χ0n) is 15.6. The van der Waals surface area contributed by atoms with E-state index in [1.54, 1.807) is 30.1 Å². The average molecular weight is 367 g/mol. The third-order valence-corrected chi connectivity index (χ3v) is 4.49. The van der Waals surface area contributed by atoms with Crippen molar-refractivity contribution >= 4 is 5.91 Å². The molecule has 27 heavy (non-hydrogen) atoms. The van der Waals surface area contributed by atoms with Crippen LogP contribution in [-0.4, -0.2) is 22.8 Å². The molecular formula is C21H22FN3O2. The van der Waals surface area contributed by atoms with Gasteiger partial charge in [0.15, 0.2) is 0 Å². The molecule has 0 saturated heterocycles. The molecule has 0 bridgehead atoms. The van der Waals surface area contributed by atoms with Crippen molar-refractivity contribution in [3.8, 4) is 11.4 Å². The summed E-state index contributed by atoms with van der Waals surface area (Å²) < 4.78 is 20.4. The number of nitrogens with zero attached hydrogens (tertiary/aromatic N) is 2. The lowest BCUT2D eigenvalue weighted by Gasteiger charge is -2.15. The van der Waals surface area contributed by atoms with Crippen LogP contribution in [0.25, 0.3) is 5.69 Å². The quantitative estimate of drug-likeness (QED) is 0.722. The lowest BCUT2D eigenvalue weighted by molar-refractivity contribution is -0.121. The fourth-order valence-corrected chi connectivity index (χ4v) is 3.11. The predicted molar refractivity (Wildman–Crippen MR) is 102 cm³/mol. The van der Waals surface area contributed by atoms with E-state index in [4.69, 9.17) is 4.74 Å². The Labute approximate surface area is 157 Å². The van der Waals surface area contributed by atoms with E-state index >= 15 is 0 Å². The first kappa shape index (κ1) is 18.6. The van der Waals surface area contributed by atoms with Gasteiger partial charge in [0.1, 0.15) is 11.6 Å². The summed E-state index contributed by atoms with van der Waals surface area (Å²) >= 11 is 0. The molecule has 1 heterocycles. The van der Waals surface area contributed by atoms with Crippen LogP contribution in [0.15, 0.2) is 54.7 Å². The lowest BCUT2D eigenvalue weighted by atomic mass is 10.1. The van der Waals surface area contributed by atoms with Crippen molar-refractivity contribution in [1.82, 2.24) is 15.1 Å². The summed E-state index contributed by atoms with van der Waals surface area (Å²) in [6, 6.07) is 13.5. The van der Waals surface area contributed by atoms with E-state index in [-0.39, 0.29) is 24.2 Å². The molecule has 3 rings (SSSR count). The van der Waals surface area contributed by atoms with Crippen LogP contribution < -0.4 is 10.1 Å². The van der Waals surface area contributed by atoms with Crippen molar-refractivity contribution in [1.29, 1.82) is 0 Å². The van der Waals surface area contributed by atoms with Crippen LogP contribution in [0.1, 0.15) is 29.8 Å². The van der Waals surface area contributed by atoms with E-state index in [9.17, 15) is 9.18 Å². The number of halogens is 1. The van der Waals surface area contributed by atoms with Gasteiger partial charge in [-0.25, -0.2) is 9.07 Å². The highest BCUT2D eigenvalue weighted by atomic mass is 19.1. The summed E-state index contributed by atoms with van der Waals surface area (Å²) in [5.74, 6) is 0.266. The minimum Gasteiger partial charge on any atom is -0.496 e. The Balaban J connectivity index is 1.73. The molecule has 0 saturated carbocycles. The molecule has 140 valence electrons. The Hall–Kier alpha value is -3.15. The number of hydrogen-bond donors (Lipinski definition) is 1. The fraction of sp³-hybridized carbons (Fsp3) is 0.238. The number of para-hydroxylation sites is 1. The van der Waals surface area contributed by atoms with E-state index in [2.05, 4.69) is 10.4 Å². The number of methoxy groups -OCH3 is 1. The molecule has 0 fully saturated rings. The first-order chi connectivity index (χ1) is 13.0. The Morgan fingerprint density at radius 2 is 2.04 bits per heavy atom. The largest absolute Gasteiger partial charge is 0.496 e. The zero-order valence-corrected chi connectivity index (χ0v) is 15.6. The number of nitrogens with one attached hydrogen (secondary N) is 1. The SMILES string of the molecule is COc1ccccc1CC(=O)N[C@H](C)c1cnn(-c2cccc(F)c2)c1C. The van der Waals surface area contributed by atoms with Gasteiger partial charge >= 0.3 is 0 Å². The highest BCUT2D eigenvalue weighted by molar-refractivity contribution is 5.79. The fourth-order valence-electron chi connectivity index (χ4n) is 3.11. The first-order valence-corrected chi connectivity index (χ1v) is 8.71. The number of aromatic nitrogens is 2. The summed E-state index contributed by atoms with van der Waals surface area (Å²) in [5.41, 5.74) is 3.21. The van der Waals surface area contributed by atoms with Crippen LogP contribution in [0.4, 0.5) is 4.39 Å². The van der Waals surface area contributed by atoms with E-state index in [1.165, 1.54) is 12.1 Å². The number of amides is 1. The van der Waals surface area contributed by atoms with Crippen LogP contribution in [0.3, 0.4) is 0 Å². The molecule has 0 aliphatic heterocycles. The molecule has 1 amide bonds. The summed E-state index contributed by atoms with van der Waals surface area (Å²) in [6.07, 6.45) is 1.93. The summed E-state index contributed by atoms with van der Waals surface area (Å²) in [4.78, 5) is 12.5. The van der Waals surface area contributed by atoms with Gasteiger partial charge in [-0.1, -0.05) is 24.3 Å². The highest BCUT2D eigenvalue weighted by Gasteiger charge is 2.17. The number of hydrogen-bond acceptors (Lipinski definition) is 3. The van der Waals surface area contributed by atoms with Crippen molar-refractivity contribution in [2.24, 2.45) is 0 Å². The van der Waals surface area contributed by atoms with E-state index in [0.29, 0.717) is 11.4 Å². The molecule has 0 aliphatic rings. The number of rotatable bonds is 6. The second kappa shape index (κ2) is 8.03. The second-order valence-corrected chi connectivity index (χ2v) is 6.35. The van der Waals surface area contributed by atoms with Crippen LogP contribution in [0, 0.1) is 12.7 Å². The predicted octanol–water partition coefficient (Wildman–Crippen LogP) is 3.75. The molecular weight excluding hydrogens is 345 g/mol. The monoisotopic (exact) mass is 367 g/mol. The van der Waals surface area contributed by atoms with Crippen molar-refractivity contribution in [3.05, 3.63) is 77.4 Å². The van der Waals surface area contributed by atoms with Gasteiger partial charge in [0.05, 0.1) is 31.5 Å². The standard InChI is InChI=1S/C21H22FN3O2/c1-14(24-21(26)11-16-7-4-5-10-20(16)27-3)19-13-23-25(15(19)2)18-9-6-8-17(22)12-18/h4-10,12-14H,11H2,1-3H3,(H,24,26)/t14-/m1/s1. The molecule has 1 atom stereocenters. The molecule has 0 radical (unpaired) electrons. The third-order valence-electron chi connectivity index (χ3n) is 4.49. The third kappa shape index (κ3) is 4.16. The van der Waals surface area contributed by atoms with Gasteiger partial charge in [-0.3, -0.25) is 4.79 Å². The maximum Gasteiger partial charge on any atom is 0.225 e. The molecule has 5 nitrogen and oxygen atoms in total. The zero-order chi connectivity index (χ0) is 19.4. The Morgan fingerprint density at radius 1 is 1.26 bits per heavy atom. The van der Waals surface area contributed by atoms with Gasteiger partial charge in [-0.15, -0.1) is 0 Å². The number of ether oxygens (including phenoxy) is 1. The Kier molecular flexibility index (Phi) is 5.54. The summed E-state index contributed by atoms with van der Waals surface area (Å²) in [6.45, 7) is 3.80. The molecule has 0 aliphatic carbocycles. The molecule has 1 aromatic heterocycles. The van der Waals surface area contributed by atoms with Gasteiger partial charge in [-0.2, -0.15) is 5.10 Å². The average Bonchev–Trinajstić information content (AvgIpc) is 3.03. The number of carbonyl (C=O) groups excluding carboxylic acids is 1. The number of benzene rings is 2. The summed E-state index contributed by atoms with van der Waals surface area (Å²) in [7, 11) is 1.59. The molecule has 1 N–H and O–H groups in total. The number of carbonyl (C=O) groups is 1. The maximum atomic E-state index is 13.5. The van der Waals surface area contributed by atoms with Gasteiger partial charge in [0.25, 0.3) is 0 Å². The van der Waals surface area contributed by atoms with Crippen LogP contribution in [0.2, 0.25) is 0 Å². The van der Waals surface area contributed by atoms with Crippen LogP contribution in [-0.2, 0) is 11.2 Å². The van der Waals surface area contributed by atoms with Crippen molar-refractivity contribution in [2.75, 3.05) is 7.11 Å². The lowest BCUT2D eigenvalue weighted by Crippen LogP contribution is -2.28. The van der Waals surface area contributed by atoms with Crippen LogP contribution >= 0.6 is 0 Å². The van der Waals surface area contributed by atoms with E-state index in [0.717, 1.165) is 16.8 Å². The van der Waals surface area contributed by atoms with Crippen molar-refractivity contribution in [2.45, 2.75) is 26.3 Å². The van der Waals surface area contributed by atoms with E-state index < -0.39 is 0 Å². The van der Waals surface area contributed by atoms with Crippen molar-refractivity contribution < 1.29 is 13.9 Å². The molecule has 6 heteroatoms. The molecule has 0 spiro atoms. The minimum atomic E-state index is -0.317. The topological polar surface area (TPSA) is 56.1 Å². The first-order valence-electron chi connectivity index (χ1n) is 8.71. The smallest absolute Gasteiger partial charge is 0.225 e. The van der Waals surface area contributed by atoms with Crippen LogP contribution in [0.5, 0.6) is 5.75 Å². The molecule has 3 aromatic rings. The van der Waals surface area contributed by atoms with Gasteiger partial charge in [0.2, 0.25) is 5.91 Å². The maximum absolute atomic E-state index is 13.5.